The fourth-order valence-corrected chi connectivity index (χ4v) is 4.00. The first-order valence-electron chi connectivity index (χ1n) is 8.15. The molecule has 2 aromatic rings. The largest absolute Gasteiger partial charge is 0.461 e. The third-order valence-corrected chi connectivity index (χ3v) is 5.13. The molecule has 2 heterocycles. The van der Waals surface area contributed by atoms with Gasteiger partial charge in [0.25, 0.3) is 5.69 Å². The Morgan fingerprint density at radius 2 is 2.32 bits per heavy atom. The van der Waals surface area contributed by atoms with Crippen molar-refractivity contribution in [1.82, 2.24) is 4.98 Å². The van der Waals surface area contributed by atoms with E-state index in [1.165, 1.54) is 11.3 Å². The number of aryl methyl sites for hydroxylation is 1. The van der Waals surface area contributed by atoms with E-state index in [1.54, 1.807) is 24.4 Å². The lowest BCUT2D eigenvalue weighted by Crippen LogP contribution is -2.23. The molecule has 0 radical (unpaired) electrons. The summed E-state index contributed by atoms with van der Waals surface area (Å²) in [7, 11) is 0. The summed E-state index contributed by atoms with van der Waals surface area (Å²) in [5.41, 5.74) is 1.98. The van der Waals surface area contributed by atoms with Crippen molar-refractivity contribution in [3.8, 4) is 0 Å². The summed E-state index contributed by atoms with van der Waals surface area (Å²) in [6, 6.07) is 5.07. The maximum atomic E-state index is 11.8. The minimum atomic E-state index is -0.434. The van der Waals surface area contributed by atoms with Crippen LogP contribution in [0.1, 0.15) is 46.9 Å². The SMILES string of the molecule is CCOC(=O)c1csc(C2CCCN2c2cc(C)ccc2[N+](=O)[O-])n1. The highest BCUT2D eigenvalue weighted by atomic mass is 32.1. The van der Waals surface area contributed by atoms with E-state index in [0.29, 0.717) is 18.0 Å². The molecular formula is C17H19N3O4S. The molecule has 7 nitrogen and oxygen atoms in total. The highest BCUT2D eigenvalue weighted by molar-refractivity contribution is 7.10. The van der Waals surface area contributed by atoms with E-state index >= 15 is 0 Å². The molecule has 1 aromatic carbocycles. The van der Waals surface area contributed by atoms with Gasteiger partial charge < -0.3 is 9.64 Å². The molecule has 1 saturated heterocycles. The van der Waals surface area contributed by atoms with E-state index < -0.39 is 5.97 Å². The predicted molar refractivity (Wildman–Crippen MR) is 95.2 cm³/mol. The molecule has 0 aliphatic carbocycles. The number of aromatic nitrogens is 1. The van der Waals surface area contributed by atoms with Crippen LogP contribution in [0.15, 0.2) is 23.6 Å². The lowest BCUT2D eigenvalue weighted by atomic mass is 10.1. The van der Waals surface area contributed by atoms with Crippen LogP contribution in [0.3, 0.4) is 0 Å². The zero-order valence-electron chi connectivity index (χ0n) is 14.1. The topological polar surface area (TPSA) is 85.6 Å². The van der Waals surface area contributed by atoms with Gasteiger partial charge in [-0.05, 0) is 38.3 Å². The third kappa shape index (κ3) is 3.48. The van der Waals surface area contributed by atoms with Gasteiger partial charge >= 0.3 is 5.97 Å². The van der Waals surface area contributed by atoms with Crippen LogP contribution in [0.2, 0.25) is 0 Å². The number of benzene rings is 1. The summed E-state index contributed by atoms with van der Waals surface area (Å²) < 4.78 is 4.98. The van der Waals surface area contributed by atoms with Crippen LogP contribution < -0.4 is 4.90 Å². The van der Waals surface area contributed by atoms with Gasteiger partial charge in [0.05, 0.1) is 17.6 Å². The number of carbonyl (C=O) groups is 1. The summed E-state index contributed by atoms with van der Waals surface area (Å²) in [6.45, 7) is 4.70. The molecule has 0 N–H and O–H groups in total. The number of thiazole rings is 1. The van der Waals surface area contributed by atoms with Gasteiger partial charge in [-0.1, -0.05) is 6.07 Å². The Kier molecular flexibility index (Phi) is 4.98. The van der Waals surface area contributed by atoms with E-state index in [1.807, 2.05) is 17.9 Å². The van der Waals surface area contributed by atoms with Crippen molar-refractivity contribution in [2.45, 2.75) is 32.7 Å². The first-order chi connectivity index (χ1) is 12.0. The van der Waals surface area contributed by atoms with Crippen molar-refractivity contribution < 1.29 is 14.5 Å². The van der Waals surface area contributed by atoms with Gasteiger partial charge in [-0.25, -0.2) is 9.78 Å². The second-order valence-corrected chi connectivity index (χ2v) is 6.78. The molecule has 25 heavy (non-hydrogen) atoms. The summed E-state index contributed by atoms with van der Waals surface area (Å²) in [5, 5.41) is 13.9. The van der Waals surface area contributed by atoms with E-state index in [4.69, 9.17) is 4.74 Å². The Hall–Kier alpha value is -2.48. The molecule has 3 rings (SSSR count). The highest BCUT2D eigenvalue weighted by Gasteiger charge is 2.33. The molecule has 1 aromatic heterocycles. The molecular weight excluding hydrogens is 342 g/mol. The quantitative estimate of drug-likeness (QED) is 0.456. The van der Waals surface area contributed by atoms with E-state index in [2.05, 4.69) is 4.98 Å². The van der Waals surface area contributed by atoms with Crippen LogP contribution in [-0.4, -0.2) is 29.0 Å². The molecule has 1 aliphatic heterocycles. The van der Waals surface area contributed by atoms with Crippen molar-refractivity contribution in [3.63, 3.8) is 0 Å². The van der Waals surface area contributed by atoms with Crippen molar-refractivity contribution in [3.05, 3.63) is 50.0 Å². The molecule has 0 amide bonds. The molecule has 0 bridgehead atoms. The zero-order chi connectivity index (χ0) is 18.0. The van der Waals surface area contributed by atoms with Gasteiger partial charge in [0.15, 0.2) is 5.69 Å². The zero-order valence-corrected chi connectivity index (χ0v) is 14.9. The number of esters is 1. The van der Waals surface area contributed by atoms with Crippen LogP contribution in [0.5, 0.6) is 0 Å². The average molecular weight is 361 g/mol. The van der Waals surface area contributed by atoms with Gasteiger partial charge in [0.2, 0.25) is 0 Å². The molecule has 1 atom stereocenters. The number of nitro benzene ring substituents is 1. The lowest BCUT2D eigenvalue weighted by molar-refractivity contribution is -0.384. The second-order valence-electron chi connectivity index (χ2n) is 5.89. The number of nitro groups is 1. The van der Waals surface area contributed by atoms with E-state index in [-0.39, 0.29) is 16.7 Å². The average Bonchev–Trinajstić information content (AvgIpc) is 3.23. The number of nitrogens with zero attached hydrogens (tertiary/aromatic N) is 3. The highest BCUT2D eigenvalue weighted by Crippen LogP contribution is 2.41. The maximum Gasteiger partial charge on any atom is 0.357 e. The summed E-state index contributed by atoms with van der Waals surface area (Å²) in [6.07, 6.45) is 1.77. The molecule has 132 valence electrons. The maximum absolute atomic E-state index is 11.8. The molecule has 1 fully saturated rings. The molecule has 8 heteroatoms. The second kappa shape index (κ2) is 7.18. The Labute approximate surface area is 149 Å². The van der Waals surface area contributed by atoms with Gasteiger partial charge in [0, 0.05) is 18.0 Å². The van der Waals surface area contributed by atoms with Gasteiger partial charge in [-0.2, -0.15) is 0 Å². The number of hydrogen-bond acceptors (Lipinski definition) is 7. The van der Waals surface area contributed by atoms with Crippen molar-refractivity contribution in [2.75, 3.05) is 18.1 Å². The lowest BCUT2D eigenvalue weighted by Gasteiger charge is -2.25. The molecule has 1 unspecified atom stereocenters. The predicted octanol–water partition coefficient (Wildman–Crippen LogP) is 3.88. The smallest absolute Gasteiger partial charge is 0.357 e. The Morgan fingerprint density at radius 3 is 3.04 bits per heavy atom. The monoisotopic (exact) mass is 361 g/mol. The fraction of sp³-hybridized carbons (Fsp3) is 0.412. The fourth-order valence-electron chi connectivity index (χ4n) is 3.07. The number of ether oxygens (including phenoxy) is 1. The Morgan fingerprint density at radius 1 is 1.52 bits per heavy atom. The number of anilines is 1. The number of hydrogen-bond donors (Lipinski definition) is 0. The standard InChI is InChI=1S/C17H19N3O4S/c1-3-24-17(21)12-10-25-16(18-12)14-5-4-8-19(14)15-9-11(2)6-7-13(15)20(22)23/h6-7,9-10,14H,3-5,8H2,1-2H3. The van der Waals surface area contributed by atoms with Gasteiger partial charge in [-0.15, -0.1) is 11.3 Å². The first-order valence-corrected chi connectivity index (χ1v) is 9.03. The normalized spacial score (nSPS) is 16.9. The van der Waals surface area contributed by atoms with E-state index in [9.17, 15) is 14.9 Å². The number of carbonyl (C=O) groups excluding carboxylic acids is 1. The third-order valence-electron chi connectivity index (χ3n) is 4.18. The summed E-state index contributed by atoms with van der Waals surface area (Å²) >= 11 is 1.39. The van der Waals surface area contributed by atoms with Crippen LogP contribution in [-0.2, 0) is 4.74 Å². The summed E-state index contributed by atoms with van der Waals surface area (Å²) in [5.74, 6) is -0.434. The van der Waals surface area contributed by atoms with Gasteiger partial charge in [-0.3, -0.25) is 10.1 Å². The number of rotatable bonds is 5. The minimum Gasteiger partial charge on any atom is -0.461 e. The van der Waals surface area contributed by atoms with Crippen LogP contribution >= 0.6 is 11.3 Å². The van der Waals surface area contributed by atoms with Crippen LogP contribution in [0.4, 0.5) is 11.4 Å². The van der Waals surface area contributed by atoms with Crippen LogP contribution in [0.25, 0.3) is 0 Å². The molecule has 0 spiro atoms. The van der Waals surface area contributed by atoms with Crippen LogP contribution in [0, 0.1) is 17.0 Å². The van der Waals surface area contributed by atoms with Gasteiger partial charge in [0.1, 0.15) is 10.7 Å². The molecule has 0 saturated carbocycles. The Bertz CT molecular complexity index is 805. The van der Waals surface area contributed by atoms with Crippen molar-refractivity contribution >= 4 is 28.7 Å². The Balaban J connectivity index is 1.93. The first kappa shape index (κ1) is 17.3. The van der Waals surface area contributed by atoms with E-state index in [0.717, 1.165) is 30.0 Å². The minimum absolute atomic E-state index is 0.0614. The molecule has 1 aliphatic rings. The van der Waals surface area contributed by atoms with Crippen molar-refractivity contribution in [1.29, 1.82) is 0 Å². The summed E-state index contributed by atoms with van der Waals surface area (Å²) in [4.78, 5) is 29.3. The van der Waals surface area contributed by atoms with Crippen molar-refractivity contribution in [2.24, 2.45) is 0 Å².